The molecule has 5 N–H and O–H groups in total. The van der Waals surface area contributed by atoms with Crippen LogP contribution < -0.4 is 16.4 Å². The Morgan fingerprint density at radius 2 is 2.14 bits per heavy atom. The van der Waals surface area contributed by atoms with Crippen LogP contribution in [-0.4, -0.2) is 41.7 Å². The fourth-order valence-electron chi connectivity index (χ4n) is 2.11. The molecule has 6 nitrogen and oxygen atoms in total. The molecule has 6 heteroatoms. The van der Waals surface area contributed by atoms with E-state index in [1.807, 2.05) is 24.3 Å². The molecule has 2 rings (SSSR count). The van der Waals surface area contributed by atoms with Gasteiger partial charge in [0.15, 0.2) is 0 Å². The molecule has 112 valence electrons. The van der Waals surface area contributed by atoms with Gasteiger partial charge in [0.1, 0.15) is 0 Å². The Morgan fingerprint density at radius 1 is 1.38 bits per heavy atom. The van der Waals surface area contributed by atoms with Crippen LogP contribution >= 0.6 is 0 Å². The van der Waals surface area contributed by atoms with Crippen molar-refractivity contribution >= 4 is 22.5 Å². The van der Waals surface area contributed by atoms with Gasteiger partial charge in [0.25, 0.3) is 5.91 Å². The van der Waals surface area contributed by atoms with Crippen LogP contribution in [0.5, 0.6) is 0 Å². The van der Waals surface area contributed by atoms with Gasteiger partial charge in [0.2, 0.25) is 0 Å². The lowest BCUT2D eigenvalue weighted by Gasteiger charge is -2.13. The predicted octanol–water partition coefficient (Wildman–Crippen LogP) is 0.716. The van der Waals surface area contributed by atoms with Crippen LogP contribution in [0.2, 0.25) is 0 Å². The molecule has 1 aromatic carbocycles. The van der Waals surface area contributed by atoms with Crippen LogP contribution in [0.15, 0.2) is 30.5 Å². The second kappa shape index (κ2) is 7.01. The molecule has 0 spiro atoms. The van der Waals surface area contributed by atoms with Crippen LogP contribution in [0.3, 0.4) is 0 Å². The number of nitrogens with two attached hydrogens (primary N) is 1. The third kappa shape index (κ3) is 3.90. The SMILES string of the molecule is CC(O)CNCCNc1c(C(N)=O)cnc2ccccc12. The summed E-state index contributed by atoms with van der Waals surface area (Å²) in [5.41, 5.74) is 7.30. The molecule has 0 aliphatic carbocycles. The normalized spacial score (nSPS) is 12.3. The highest BCUT2D eigenvalue weighted by Gasteiger charge is 2.12. The van der Waals surface area contributed by atoms with E-state index in [9.17, 15) is 9.90 Å². The minimum Gasteiger partial charge on any atom is -0.392 e. The van der Waals surface area contributed by atoms with Gasteiger partial charge >= 0.3 is 0 Å². The quantitative estimate of drug-likeness (QED) is 0.562. The first-order valence-corrected chi connectivity index (χ1v) is 6.90. The number of nitrogens with zero attached hydrogens (tertiary/aromatic N) is 1. The van der Waals surface area contributed by atoms with E-state index in [0.717, 1.165) is 10.9 Å². The van der Waals surface area contributed by atoms with Gasteiger partial charge in [-0.3, -0.25) is 9.78 Å². The van der Waals surface area contributed by atoms with Crippen molar-refractivity contribution in [3.8, 4) is 0 Å². The molecule has 0 saturated carbocycles. The van der Waals surface area contributed by atoms with Crippen molar-refractivity contribution in [1.82, 2.24) is 10.3 Å². The van der Waals surface area contributed by atoms with Crippen LogP contribution in [0.1, 0.15) is 17.3 Å². The number of primary amides is 1. The summed E-state index contributed by atoms with van der Waals surface area (Å²) in [6, 6.07) is 7.58. The Hall–Kier alpha value is -2.18. The van der Waals surface area contributed by atoms with Gasteiger partial charge in [0, 0.05) is 31.2 Å². The van der Waals surface area contributed by atoms with E-state index in [1.165, 1.54) is 6.20 Å². The maximum Gasteiger partial charge on any atom is 0.252 e. The number of carbonyl (C=O) groups excluding carboxylic acids is 1. The zero-order valence-corrected chi connectivity index (χ0v) is 12.0. The highest BCUT2D eigenvalue weighted by molar-refractivity contribution is 6.06. The summed E-state index contributed by atoms with van der Waals surface area (Å²) < 4.78 is 0. The molecule has 0 fully saturated rings. The van der Waals surface area contributed by atoms with Crippen molar-refractivity contribution in [2.75, 3.05) is 25.0 Å². The summed E-state index contributed by atoms with van der Waals surface area (Å²) in [6.45, 7) is 3.53. The third-order valence-electron chi connectivity index (χ3n) is 3.08. The van der Waals surface area contributed by atoms with Gasteiger partial charge in [-0.25, -0.2) is 0 Å². The van der Waals surface area contributed by atoms with E-state index in [4.69, 9.17) is 5.73 Å². The molecule has 2 aromatic rings. The fourth-order valence-corrected chi connectivity index (χ4v) is 2.11. The Morgan fingerprint density at radius 3 is 2.86 bits per heavy atom. The van der Waals surface area contributed by atoms with Gasteiger partial charge in [-0.15, -0.1) is 0 Å². The molecule has 1 heterocycles. The van der Waals surface area contributed by atoms with Crippen molar-refractivity contribution in [3.05, 3.63) is 36.0 Å². The lowest BCUT2D eigenvalue weighted by Crippen LogP contribution is -2.29. The molecule has 0 saturated heterocycles. The van der Waals surface area contributed by atoms with Crippen LogP contribution in [0.4, 0.5) is 5.69 Å². The van der Waals surface area contributed by atoms with Crippen molar-refractivity contribution < 1.29 is 9.90 Å². The number of amides is 1. The van der Waals surface area contributed by atoms with Crippen molar-refractivity contribution in [2.45, 2.75) is 13.0 Å². The Labute approximate surface area is 123 Å². The summed E-state index contributed by atoms with van der Waals surface area (Å²) >= 11 is 0. The maximum absolute atomic E-state index is 11.5. The first-order chi connectivity index (χ1) is 10.1. The number of nitrogens with one attached hydrogen (secondary N) is 2. The van der Waals surface area contributed by atoms with Crippen molar-refractivity contribution in [3.63, 3.8) is 0 Å². The summed E-state index contributed by atoms with van der Waals surface area (Å²) in [6.07, 6.45) is 1.11. The van der Waals surface area contributed by atoms with Crippen molar-refractivity contribution in [2.24, 2.45) is 5.73 Å². The van der Waals surface area contributed by atoms with Gasteiger partial charge in [-0.2, -0.15) is 0 Å². The van der Waals surface area contributed by atoms with E-state index in [1.54, 1.807) is 6.92 Å². The Bertz CT molecular complexity index is 628. The molecule has 0 aliphatic rings. The summed E-state index contributed by atoms with van der Waals surface area (Å²) in [5.74, 6) is -0.507. The molecular weight excluding hydrogens is 268 g/mol. The zero-order valence-electron chi connectivity index (χ0n) is 12.0. The topological polar surface area (TPSA) is 100 Å². The number of carbonyl (C=O) groups is 1. The van der Waals surface area contributed by atoms with Gasteiger partial charge in [0.05, 0.1) is 22.9 Å². The number of fused-ring (bicyclic) bond motifs is 1. The van der Waals surface area contributed by atoms with E-state index >= 15 is 0 Å². The minimum absolute atomic E-state index is 0.379. The first kappa shape index (κ1) is 15.2. The number of anilines is 1. The molecule has 1 atom stereocenters. The van der Waals surface area contributed by atoms with E-state index in [2.05, 4.69) is 15.6 Å². The largest absolute Gasteiger partial charge is 0.392 e. The number of aliphatic hydroxyl groups is 1. The molecule has 0 radical (unpaired) electrons. The van der Waals surface area contributed by atoms with Crippen molar-refractivity contribution in [1.29, 1.82) is 0 Å². The third-order valence-corrected chi connectivity index (χ3v) is 3.08. The van der Waals surface area contributed by atoms with Crippen LogP contribution in [0.25, 0.3) is 10.9 Å². The first-order valence-electron chi connectivity index (χ1n) is 6.90. The summed E-state index contributed by atoms with van der Waals surface area (Å²) in [4.78, 5) is 15.8. The second-order valence-corrected chi connectivity index (χ2v) is 4.91. The average Bonchev–Trinajstić information content (AvgIpc) is 2.46. The second-order valence-electron chi connectivity index (χ2n) is 4.91. The molecule has 0 aliphatic heterocycles. The van der Waals surface area contributed by atoms with Crippen LogP contribution in [0, 0.1) is 0 Å². The smallest absolute Gasteiger partial charge is 0.252 e. The monoisotopic (exact) mass is 288 g/mol. The molecule has 21 heavy (non-hydrogen) atoms. The number of pyridine rings is 1. The average molecular weight is 288 g/mol. The Kier molecular flexibility index (Phi) is 5.08. The molecule has 1 amide bonds. The fraction of sp³-hybridized carbons (Fsp3) is 0.333. The maximum atomic E-state index is 11.5. The molecular formula is C15H20N4O2. The van der Waals surface area contributed by atoms with Gasteiger partial charge in [-0.05, 0) is 13.0 Å². The number of hydrogen-bond acceptors (Lipinski definition) is 5. The summed E-state index contributed by atoms with van der Waals surface area (Å²) in [7, 11) is 0. The lowest BCUT2D eigenvalue weighted by molar-refractivity contribution is 0.100. The predicted molar refractivity (Wildman–Crippen MR) is 83.3 cm³/mol. The minimum atomic E-state index is -0.507. The molecule has 1 aromatic heterocycles. The number of para-hydroxylation sites is 1. The standard InChI is InChI=1S/C15H20N4O2/c1-10(20)8-17-6-7-18-14-11-4-2-3-5-13(11)19-9-12(14)15(16)21/h2-5,9-10,17,20H,6-8H2,1H3,(H2,16,21)(H,18,19). The lowest BCUT2D eigenvalue weighted by atomic mass is 10.1. The Balaban J connectivity index is 2.16. The highest BCUT2D eigenvalue weighted by atomic mass is 16.3. The number of rotatable bonds is 7. The number of aromatic nitrogens is 1. The van der Waals surface area contributed by atoms with Crippen LogP contribution in [-0.2, 0) is 0 Å². The van der Waals surface area contributed by atoms with E-state index in [-0.39, 0.29) is 6.10 Å². The van der Waals surface area contributed by atoms with E-state index in [0.29, 0.717) is 30.9 Å². The van der Waals surface area contributed by atoms with Gasteiger partial charge < -0.3 is 21.5 Å². The number of benzene rings is 1. The van der Waals surface area contributed by atoms with E-state index < -0.39 is 5.91 Å². The number of aliphatic hydroxyl groups excluding tert-OH is 1. The molecule has 1 unspecified atom stereocenters. The number of hydrogen-bond donors (Lipinski definition) is 4. The summed E-state index contributed by atoms with van der Waals surface area (Å²) in [5, 5.41) is 16.4. The molecule has 0 bridgehead atoms. The van der Waals surface area contributed by atoms with Gasteiger partial charge in [-0.1, -0.05) is 18.2 Å². The zero-order chi connectivity index (χ0) is 15.2. The highest BCUT2D eigenvalue weighted by Crippen LogP contribution is 2.25.